The van der Waals surface area contributed by atoms with Crippen molar-refractivity contribution in [2.75, 3.05) is 39.5 Å². The van der Waals surface area contributed by atoms with Gasteiger partial charge in [0.05, 0.1) is 23.6 Å². The molecule has 44 heavy (non-hydrogen) atoms. The summed E-state index contributed by atoms with van der Waals surface area (Å²) in [5.41, 5.74) is 3.54. The minimum atomic E-state index is -4.10. The molecule has 2 aliphatic rings. The normalized spacial score (nSPS) is 16.1. The number of hydrazine groups is 1. The summed E-state index contributed by atoms with van der Waals surface area (Å²) >= 11 is 0. The Morgan fingerprint density at radius 3 is 2.45 bits per heavy atom. The van der Waals surface area contributed by atoms with Gasteiger partial charge in [0, 0.05) is 32.0 Å². The molecule has 0 bridgehead atoms. The molecule has 2 aliphatic heterocycles. The molecule has 238 valence electrons. The third-order valence-electron chi connectivity index (χ3n) is 7.57. The molecule has 2 aromatic carbocycles. The summed E-state index contributed by atoms with van der Waals surface area (Å²) in [6, 6.07) is 12.6. The molecule has 0 aromatic heterocycles. The van der Waals surface area contributed by atoms with Crippen LogP contribution in [0.4, 0.5) is 0 Å². The average molecular weight is 627 g/mol. The lowest BCUT2D eigenvalue weighted by molar-refractivity contribution is -0.148. The summed E-state index contributed by atoms with van der Waals surface area (Å²) in [5.74, 6) is 2.30. The number of aliphatic hydroxyl groups is 1. The van der Waals surface area contributed by atoms with Gasteiger partial charge in [-0.2, -0.15) is 4.31 Å². The molecule has 2 heterocycles. The van der Waals surface area contributed by atoms with E-state index in [2.05, 4.69) is 11.3 Å². The first-order chi connectivity index (χ1) is 21.1. The summed E-state index contributed by atoms with van der Waals surface area (Å²) in [7, 11) is -4.10. The van der Waals surface area contributed by atoms with Gasteiger partial charge in [0.25, 0.3) is 5.91 Å². The Hall–Kier alpha value is -3.63. The van der Waals surface area contributed by atoms with Gasteiger partial charge in [-0.3, -0.25) is 19.9 Å². The number of benzene rings is 2. The van der Waals surface area contributed by atoms with Crippen LogP contribution in [0.3, 0.4) is 0 Å². The van der Waals surface area contributed by atoms with Crippen molar-refractivity contribution in [3.8, 4) is 23.8 Å². The number of hydrogen-bond acceptors (Lipinski definition) is 8. The van der Waals surface area contributed by atoms with Crippen LogP contribution in [-0.4, -0.2) is 91.2 Å². The molecule has 0 saturated carbocycles. The van der Waals surface area contributed by atoms with Crippen LogP contribution in [0.2, 0.25) is 0 Å². The van der Waals surface area contributed by atoms with Gasteiger partial charge >= 0.3 is 0 Å². The number of rotatable bonds is 14. The molecule has 11 nitrogen and oxygen atoms in total. The second-order valence-electron chi connectivity index (χ2n) is 11.5. The van der Waals surface area contributed by atoms with Gasteiger partial charge in [-0.25, -0.2) is 13.4 Å². The van der Waals surface area contributed by atoms with Crippen LogP contribution in [0.1, 0.15) is 45.1 Å². The van der Waals surface area contributed by atoms with Gasteiger partial charge in [0.15, 0.2) is 11.5 Å². The fraction of sp³-hybridized carbons (Fsp3) is 0.500. The molecule has 12 heteroatoms. The van der Waals surface area contributed by atoms with Crippen LogP contribution in [0.25, 0.3) is 0 Å². The number of nitrogens with one attached hydrogen (secondary N) is 1. The summed E-state index contributed by atoms with van der Waals surface area (Å²) in [4.78, 5) is 28.7. The van der Waals surface area contributed by atoms with E-state index >= 15 is 0 Å². The summed E-state index contributed by atoms with van der Waals surface area (Å²) < 4.78 is 39.8. The largest absolute Gasteiger partial charge is 0.454 e. The number of amides is 2. The number of fused-ring (bicyclic) bond motifs is 1. The first-order valence-electron chi connectivity index (χ1n) is 15.0. The summed E-state index contributed by atoms with van der Waals surface area (Å²) in [5, 5.41) is 13.0. The second kappa shape index (κ2) is 15.4. The van der Waals surface area contributed by atoms with Crippen molar-refractivity contribution in [2.24, 2.45) is 5.92 Å². The van der Waals surface area contributed by atoms with Crippen LogP contribution >= 0.6 is 0 Å². The lowest BCUT2D eigenvalue weighted by Gasteiger charge is -2.37. The van der Waals surface area contributed by atoms with E-state index in [4.69, 9.17) is 15.9 Å². The molecular weight excluding hydrogens is 584 g/mol. The van der Waals surface area contributed by atoms with E-state index in [-0.39, 0.29) is 56.5 Å². The van der Waals surface area contributed by atoms with E-state index < -0.39 is 34.0 Å². The topological polar surface area (TPSA) is 129 Å². The van der Waals surface area contributed by atoms with Gasteiger partial charge in [0.2, 0.25) is 22.7 Å². The van der Waals surface area contributed by atoms with Crippen LogP contribution in [0, 0.1) is 18.3 Å². The minimum Gasteiger partial charge on any atom is -0.454 e. The van der Waals surface area contributed by atoms with Crippen LogP contribution in [-0.2, 0) is 26.0 Å². The zero-order chi connectivity index (χ0) is 31.7. The Bertz CT molecular complexity index is 1420. The predicted octanol–water partition coefficient (Wildman–Crippen LogP) is 2.40. The molecule has 1 fully saturated rings. The Morgan fingerprint density at radius 1 is 1.07 bits per heavy atom. The van der Waals surface area contributed by atoms with E-state index in [1.807, 2.05) is 49.1 Å². The highest BCUT2D eigenvalue weighted by Crippen LogP contribution is 2.35. The van der Waals surface area contributed by atoms with E-state index in [0.29, 0.717) is 11.5 Å². The number of terminal acetylenes is 1. The molecule has 2 N–H and O–H groups in total. The fourth-order valence-corrected chi connectivity index (χ4v) is 7.03. The standard InChI is InChI=1S/C32H42N4O7S/c1-4-5-13-32(39)36(33-31(38)22-34-16-9-10-17-34)27(18-25-11-7-6-8-12-25)28(37)21-35(20-24(2)3)44(40,41)26-14-15-29-30(19-26)43-23-42-29/h1,6-8,11-12,14-15,19,24,27-28,37H,5,9-10,13,16-18,20-23H2,2-3H3,(H,33,38)/t27?,28-/m1/s1. The SMILES string of the molecule is C#CCCC(=O)N(NC(=O)CN1CCCC1)C(Cc1ccccc1)[C@H](O)CN(CC(C)C)S(=O)(=O)c1ccc2c(c1)OCO2. The quantitative estimate of drug-likeness (QED) is 0.242. The summed E-state index contributed by atoms with van der Waals surface area (Å²) in [6.07, 6.45) is 6.31. The van der Waals surface area contributed by atoms with Crippen molar-refractivity contribution >= 4 is 21.8 Å². The van der Waals surface area contributed by atoms with Gasteiger partial charge in [-0.05, 0) is 56.0 Å². The first kappa shape index (κ1) is 33.3. The number of carbonyl (C=O) groups is 2. The molecule has 2 amide bonds. The number of hydrogen-bond donors (Lipinski definition) is 2. The van der Waals surface area contributed by atoms with E-state index in [1.54, 1.807) is 6.07 Å². The smallest absolute Gasteiger partial charge is 0.252 e. The molecular formula is C32H42N4O7S. The van der Waals surface area contributed by atoms with E-state index in [1.165, 1.54) is 16.4 Å². The Labute approximate surface area is 260 Å². The van der Waals surface area contributed by atoms with Crippen LogP contribution in [0.5, 0.6) is 11.5 Å². The van der Waals surface area contributed by atoms with Gasteiger partial charge in [-0.1, -0.05) is 44.2 Å². The van der Waals surface area contributed by atoms with Gasteiger partial charge in [-0.15, -0.1) is 12.3 Å². The van der Waals surface area contributed by atoms with Crippen molar-refractivity contribution in [3.63, 3.8) is 0 Å². The minimum absolute atomic E-state index is 0.00143. The van der Waals surface area contributed by atoms with Crippen LogP contribution < -0.4 is 14.9 Å². The Kier molecular flexibility index (Phi) is 11.6. The van der Waals surface area contributed by atoms with Crippen molar-refractivity contribution < 1.29 is 32.6 Å². The lowest BCUT2D eigenvalue weighted by atomic mass is 9.99. The number of nitrogens with zero attached hydrogens (tertiary/aromatic N) is 3. The molecule has 0 aliphatic carbocycles. The predicted molar refractivity (Wildman–Crippen MR) is 165 cm³/mol. The third-order valence-corrected chi connectivity index (χ3v) is 9.40. The van der Waals surface area contributed by atoms with Gasteiger partial charge < -0.3 is 14.6 Å². The maximum atomic E-state index is 13.9. The van der Waals surface area contributed by atoms with Crippen molar-refractivity contribution in [1.29, 1.82) is 0 Å². The maximum Gasteiger partial charge on any atom is 0.252 e. The monoisotopic (exact) mass is 626 g/mol. The average Bonchev–Trinajstić information content (AvgIpc) is 3.69. The molecule has 1 unspecified atom stereocenters. The zero-order valence-corrected chi connectivity index (χ0v) is 26.2. The number of carbonyl (C=O) groups excluding carboxylic acids is 2. The van der Waals surface area contributed by atoms with Crippen molar-refractivity contribution in [2.45, 2.75) is 63.0 Å². The highest BCUT2D eigenvalue weighted by atomic mass is 32.2. The number of sulfonamides is 1. The lowest BCUT2D eigenvalue weighted by Crippen LogP contribution is -2.60. The first-order valence-corrected chi connectivity index (χ1v) is 16.4. The molecule has 4 rings (SSSR count). The van der Waals surface area contributed by atoms with Crippen LogP contribution in [0.15, 0.2) is 53.4 Å². The molecule has 0 spiro atoms. The molecule has 0 radical (unpaired) electrons. The Balaban J connectivity index is 1.65. The van der Waals surface area contributed by atoms with Crippen molar-refractivity contribution in [3.05, 3.63) is 54.1 Å². The summed E-state index contributed by atoms with van der Waals surface area (Å²) in [6.45, 7) is 5.22. The number of likely N-dealkylation sites (tertiary alicyclic amines) is 1. The third kappa shape index (κ3) is 8.72. The number of aliphatic hydroxyl groups excluding tert-OH is 1. The molecule has 2 atom stereocenters. The zero-order valence-electron chi connectivity index (χ0n) is 25.4. The molecule has 2 aromatic rings. The highest BCUT2D eigenvalue weighted by molar-refractivity contribution is 7.89. The highest BCUT2D eigenvalue weighted by Gasteiger charge is 2.36. The van der Waals surface area contributed by atoms with Crippen molar-refractivity contribution in [1.82, 2.24) is 19.6 Å². The fourth-order valence-electron chi connectivity index (χ4n) is 5.39. The van der Waals surface area contributed by atoms with Gasteiger partial charge in [0.1, 0.15) is 0 Å². The maximum absolute atomic E-state index is 13.9. The second-order valence-corrected chi connectivity index (χ2v) is 13.5. The Morgan fingerprint density at radius 2 is 1.77 bits per heavy atom. The molecule has 1 saturated heterocycles. The van der Waals surface area contributed by atoms with E-state index in [0.717, 1.165) is 36.5 Å². The van der Waals surface area contributed by atoms with E-state index in [9.17, 15) is 23.1 Å². The number of ether oxygens (including phenoxy) is 2.